The minimum absolute atomic E-state index is 0.00103. The molecule has 1 atom stereocenters. The Hall–Kier alpha value is -1.71. The van der Waals surface area contributed by atoms with E-state index < -0.39 is 0 Å². The second kappa shape index (κ2) is 6.89. The van der Waals surface area contributed by atoms with E-state index in [4.69, 9.17) is 4.74 Å². The summed E-state index contributed by atoms with van der Waals surface area (Å²) in [5, 5.41) is 6.02. The highest BCUT2D eigenvalue weighted by Crippen LogP contribution is 2.16. The molecule has 0 spiro atoms. The molecule has 0 aliphatic carbocycles. The van der Waals surface area contributed by atoms with Gasteiger partial charge in [-0.3, -0.25) is 4.79 Å². The summed E-state index contributed by atoms with van der Waals surface area (Å²) in [5.41, 5.74) is 0.907. The number of amides is 1. The number of nitrogens with one attached hydrogen (secondary N) is 2. The third-order valence-corrected chi connectivity index (χ3v) is 2.37. The van der Waals surface area contributed by atoms with Crippen LogP contribution in [-0.4, -0.2) is 24.6 Å². The highest BCUT2D eigenvalue weighted by atomic mass is 16.5. The van der Waals surface area contributed by atoms with Crippen LogP contribution in [0.4, 0.5) is 5.69 Å². The molecule has 1 rings (SSSR count). The fraction of sp³-hybridized carbons (Fsp3) is 0.500. The second-order valence-corrected chi connectivity index (χ2v) is 4.49. The number of hydrogen-bond acceptors (Lipinski definition) is 3. The minimum atomic E-state index is -0.259. The second-order valence-electron chi connectivity index (χ2n) is 4.49. The first-order valence-electron chi connectivity index (χ1n) is 6.32. The van der Waals surface area contributed by atoms with Crippen molar-refractivity contribution in [3.8, 4) is 5.75 Å². The van der Waals surface area contributed by atoms with E-state index in [1.165, 1.54) is 0 Å². The summed E-state index contributed by atoms with van der Waals surface area (Å²) in [7, 11) is 0. The maximum absolute atomic E-state index is 11.7. The van der Waals surface area contributed by atoms with Crippen LogP contribution in [-0.2, 0) is 4.79 Å². The van der Waals surface area contributed by atoms with Gasteiger partial charge in [-0.2, -0.15) is 0 Å². The Morgan fingerprint density at radius 2 is 1.83 bits per heavy atom. The molecule has 0 radical (unpaired) electrons. The van der Waals surface area contributed by atoms with Crippen molar-refractivity contribution >= 4 is 11.6 Å². The first-order valence-corrected chi connectivity index (χ1v) is 6.32. The van der Waals surface area contributed by atoms with E-state index >= 15 is 0 Å². The average Bonchev–Trinajstić information content (AvgIpc) is 2.31. The highest BCUT2D eigenvalue weighted by Gasteiger charge is 2.12. The number of rotatable bonds is 6. The quantitative estimate of drug-likeness (QED) is 0.815. The maximum atomic E-state index is 11.7. The van der Waals surface area contributed by atoms with Gasteiger partial charge in [-0.25, -0.2) is 0 Å². The summed E-state index contributed by atoms with van der Waals surface area (Å²) in [5.74, 6) is 0.834. The predicted molar refractivity (Wildman–Crippen MR) is 74.0 cm³/mol. The standard InChI is InChI=1S/C14H22N2O2/c1-5-18-13-8-6-12(7-9-13)16-11(4)14(17)15-10(2)3/h6-11,16H,5H2,1-4H3,(H,15,17). The molecule has 1 aromatic rings. The van der Waals surface area contributed by atoms with E-state index in [0.29, 0.717) is 6.61 Å². The molecule has 2 N–H and O–H groups in total. The first kappa shape index (κ1) is 14.4. The van der Waals surface area contributed by atoms with Gasteiger partial charge in [0.05, 0.1) is 6.61 Å². The fourth-order valence-electron chi connectivity index (χ4n) is 1.54. The third kappa shape index (κ3) is 4.65. The van der Waals surface area contributed by atoms with Crippen molar-refractivity contribution in [2.24, 2.45) is 0 Å². The zero-order valence-corrected chi connectivity index (χ0v) is 11.5. The maximum Gasteiger partial charge on any atom is 0.242 e. The molecule has 0 aliphatic heterocycles. The summed E-state index contributed by atoms with van der Waals surface area (Å²) in [6, 6.07) is 7.49. The van der Waals surface area contributed by atoms with E-state index in [2.05, 4.69) is 10.6 Å². The van der Waals surface area contributed by atoms with Gasteiger partial charge in [0.2, 0.25) is 5.91 Å². The lowest BCUT2D eigenvalue weighted by molar-refractivity contribution is -0.122. The smallest absolute Gasteiger partial charge is 0.242 e. The molecule has 0 heterocycles. The monoisotopic (exact) mass is 250 g/mol. The van der Waals surface area contributed by atoms with Gasteiger partial charge in [0.1, 0.15) is 11.8 Å². The molecular weight excluding hydrogens is 228 g/mol. The molecule has 4 nitrogen and oxygen atoms in total. The van der Waals surface area contributed by atoms with Crippen molar-refractivity contribution in [1.82, 2.24) is 5.32 Å². The third-order valence-electron chi connectivity index (χ3n) is 2.37. The lowest BCUT2D eigenvalue weighted by Gasteiger charge is -2.17. The highest BCUT2D eigenvalue weighted by molar-refractivity contribution is 5.84. The largest absolute Gasteiger partial charge is 0.494 e. The number of ether oxygens (including phenoxy) is 1. The van der Waals surface area contributed by atoms with E-state index in [1.807, 2.05) is 52.0 Å². The number of anilines is 1. The molecule has 18 heavy (non-hydrogen) atoms. The number of hydrogen-bond donors (Lipinski definition) is 2. The van der Waals surface area contributed by atoms with Crippen LogP contribution in [0.15, 0.2) is 24.3 Å². The Morgan fingerprint density at radius 3 is 2.33 bits per heavy atom. The van der Waals surface area contributed by atoms with E-state index in [0.717, 1.165) is 11.4 Å². The van der Waals surface area contributed by atoms with E-state index in [-0.39, 0.29) is 18.0 Å². The summed E-state index contributed by atoms with van der Waals surface area (Å²) < 4.78 is 5.36. The Labute approximate surface area is 109 Å². The molecule has 1 amide bonds. The molecule has 0 aliphatic rings. The average molecular weight is 250 g/mol. The van der Waals surface area contributed by atoms with Gasteiger partial charge in [0.25, 0.3) is 0 Å². The summed E-state index contributed by atoms with van der Waals surface area (Å²) in [6.07, 6.45) is 0. The predicted octanol–water partition coefficient (Wildman–Crippen LogP) is 2.41. The van der Waals surface area contributed by atoms with Gasteiger partial charge in [-0.15, -0.1) is 0 Å². The molecule has 0 fully saturated rings. The van der Waals surface area contributed by atoms with Gasteiger partial charge in [0, 0.05) is 11.7 Å². The van der Waals surface area contributed by atoms with E-state index in [1.54, 1.807) is 0 Å². The minimum Gasteiger partial charge on any atom is -0.494 e. The van der Waals surface area contributed by atoms with Crippen LogP contribution in [0.5, 0.6) is 5.75 Å². The van der Waals surface area contributed by atoms with Gasteiger partial charge in [0.15, 0.2) is 0 Å². The van der Waals surface area contributed by atoms with Gasteiger partial charge >= 0.3 is 0 Å². The van der Waals surface area contributed by atoms with Crippen molar-refractivity contribution in [1.29, 1.82) is 0 Å². The number of carbonyl (C=O) groups excluding carboxylic acids is 1. The van der Waals surface area contributed by atoms with Crippen molar-refractivity contribution in [2.45, 2.75) is 39.8 Å². The molecule has 0 aromatic heterocycles. The van der Waals surface area contributed by atoms with E-state index in [9.17, 15) is 4.79 Å². The van der Waals surface area contributed by atoms with Crippen LogP contribution in [0.25, 0.3) is 0 Å². The Balaban J connectivity index is 2.53. The molecular formula is C14H22N2O2. The van der Waals surface area contributed by atoms with Crippen molar-refractivity contribution in [2.75, 3.05) is 11.9 Å². The van der Waals surface area contributed by atoms with Crippen LogP contribution < -0.4 is 15.4 Å². The number of carbonyl (C=O) groups is 1. The van der Waals surface area contributed by atoms with Crippen LogP contribution in [0.2, 0.25) is 0 Å². The van der Waals surface area contributed by atoms with Crippen molar-refractivity contribution < 1.29 is 9.53 Å². The molecule has 0 bridgehead atoms. The first-order chi connectivity index (χ1) is 8.52. The summed E-state index contributed by atoms with van der Waals surface area (Å²) in [4.78, 5) is 11.7. The normalized spacial score (nSPS) is 12.1. The number of benzene rings is 1. The molecule has 0 saturated heterocycles. The van der Waals surface area contributed by atoms with Crippen LogP contribution in [0.1, 0.15) is 27.7 Å². The molecule has 0 saturated carbocycles. The van der Waals surface area contributed by atoms with Crippen molar-refractivity contribution in [3.63, 3.8) is 0 Å². The Bertz CT molecular complexity index is 374. The molecule has 1 unspecified atom stereocenters. The summed E-state index contributed by atoms with van der Waals surface area (Å²) >= 11 is 0. The molecule has 100 valence electrons. The summed E-state index contributed by atoms with van der Waals surface area (Å²) in [6.45, 7) is 8.33. The van der Waals surface area contributed by atoms with Crippen molar-refractivity contribution in [3.05, 3.63) is 24.3 Å². The molecule has 1 aromatic carbocycles. The molecule has 4 heteroatoms. The van der Waals surface area contributed by atoms with Crippen LogP contribution in [0.3, 0.4) is 0 Å². The fourth-order valence-corrected chi connectivity index (χ4v) is 1.54. The Morgan fingerprint density at radius 1 is 1.22 bits per heavy atom. The zero-order valence-electron chi connectivity index (χ0n) is 11.5. The lowest BCUT2D eigenvalue weighted by atomic mass is 10.2. The van der Waals surface area contributed by atoms with Gasteiger partial charge in [-0.1, -0.05) is 0 Å². The zero-order chi connectivity index (χ0) is 13.5. The Kier molecular flexibility index (Phi) is 5.49. The van der Waals surface area contributed by atoms with Gasteiger partial charge < -0.3 is 15.4 Å². The SMILES string of the molecule is CCOc1ccc(NC(C)C(=O)NC(C)C)cc1. The lowest BCUT2D eigenvalue weighted by Crippen LogP contribution is -2.40. The van der Waals surface area contributed by atoms with Gasteiger partial charge in [-0.05, 0) is 52.0 Å². The van der Waals surface area contributed by atoms with Crippen LogP contribution >= 0.6 is 0 Å². The topological polar surface area (TPSA) is 50.4 Å². The van der Waals surface area contributed by atoms with Crippen LogP contribution in [0, 0.1) is 0 Å².